The van der Waals surface area contributed by atoms with Gasteiger partial charge in [0.15, 0.2) is 0 Å². The predicted octanol–water partition coefficient (Wildman–Crippen LogP) is 1.03. The predicted molar refractivity (Wildman–Crippen MR) is 77.8 cm³/mol. The molecule has 0 aliphatic heterocycles. The Hall–Kier alpha value is -1.43. The zero-order valence-corrected chi connectivity index (χ0v) is 11.9. The Kier molecular flexibility index (Phi) is 4.75. The van der Waals surface area contributed by atoms with Gasteiger partial charge in [0.2, 0.25) is 0 Å². The number of rotatable bonds is 5. The van der Waals surface area contributed by atoms with E-state index < -0.39 is 5.60 Å². The number of nitrogens with zero attached hydrogens (tertiary/aromatic N) is 1. The molecule has 0 bridgehead atoms. The number of benzene rings is 1. The molecule has 0 aromatic heterocycles. The number of carbonyl (C=O) groups excluding carboxylic acids is 1. The lowest BCUT2D eigenvalue weighted by Crippen LogP contribution is -2.38. The van der Waals surface area contributed by atoms with Crippen LogP contribution in [-0.4, -0.2) is 35.1 Å². The Labute approximate surface area is 119 Å². The van der Waals surface area contributed by atoms with E-state index in [0.717, 1.165) is 31.2 Å². The summed E-state index contributed by atoms with van der Waals surface area (Å²) in [5, 5.41) is 10.4. The molecule has 1 aliphatic carbocycles. The maximum Gasteiger partial charge on any atom is 0.265 e. The van der Waals surface area contributed by atoms with Gasteiger partial charge >= 0.3 is 0 Å². The van der Waals surface area contributed by atoms with Gasteiger partial charge in [-0.15, -0.1) is 0 Å². The lowest BCUT2D eigenvalue weighted by atomic mass is 10.0. The minimum Gasteiger partial charge on any atom is -0.389 e. The summed E-state index contributed by atoms with van der Waals surface area (Å²) in [6.45, 7) is 1.37. The van der Waals surface area contributed by atoms with Crippen molar-refractivity contribution in [2.75, 3.05) is 13.6 Å². The van der Waals surface area contributed by atoms with Gasteiger partial charge in [0.25, 0.3) is 5.91 Å². The molecule has 1 aromatic rings. The number of hydrogen-bond acceptors (Lipinski definition) is 4. The molecule has 1 amide bonds. The van der Waals surface area contributed by atoms with Gasteiger partial charge in [-0.3, -0.25) is 15.1 Å². The summed E-state index contributed by atoms with van der Waals surface area (Å²) < 4.78 is 0. The second kappa shape index (κ2) is 6.35. The quantitative estimate of drug-likeness (QED) is 0.427. The van der Waals surface area contributed by atoms with Crippen LogP contribution in [0.5, 0.6) is 0 Å². The minimum absolute atomic E-state index is 0.288. The molecule has 0 saturated heterocycles. The van der Waals surface area contributed by atoms with Crippen molar-refractivity contribution < 1.29 is 9.90 Å². The highest BCUT2D eigenvalue weighted by Crippen LogP contribution is 2.30. The highest BCUT2D eigenvalue weighted by molar-refractivity contribution is 5.93. The highest BCUT2D eigenvalue weighted by atomic mass is 16.3. The topological polar surface area (TPSA) is 78.6 Å². The number of amides is 1. The molecule has 0 atom stereocenters. The normalized spacial score (nSPS) is 17.4. The maximum absolute atomic E-state index is 11.5. The van der Waals surface area contributed by atoms with Crippen LogP contribution in [0.3, 0.4) is 0 Å². The first-order valence-corrected chi connectivity index (χ1v) is 7.03. The van der Waals surface area contributed by atoms with Crippen molar-refractivity contribution in [2.24, 2.45) is 5.84 Å². The van der Waals surface area contributed by atoms with Gasteiger partial charge in [-0.25, -0.2) is 5.84 Å². The second-order valence-electron chi connectivity index (χ2n) is 5.78. The first-order valence-electron chi connectivity index (χ1n) is 7.03. The van der Waals surface area contributed by atoms with Gasteiger partial charge in [0, 0.05) is 18.7 Å². The Morgan fingerprint density at radius 3 is 2.80 bits per heavy atom. The molecular weight excluding hydrogens is 254 g/mol. The van der Waals surface area contributed by atoms with Crippen LogP contribution >= 0.6 is 0 Å². The fourth-order valence-corrected chi connectivity index (χ4v) is 2.96. The SMILES string of the molecule is CN(Cc1cccc(C(=O)NN)c1)CC1(O)CCCC1. The Morgan fingerprint density at radius 1 is 1.45 bits per heavy atom. The van der Waals surface area contributed by atoms with Crippen LogP contribution < -0.4 is 11.3 Å². The molecule has 1 saturated carbocycles. The van der Waals surface area contributed by atoms with Crippen molar-refractivity contribution in [3.63, 3.8) is 0 Å². The standard InChI is InChI=1S/C15H23N3O2/c1-18(11-15(20)7-2-3-8-15)10-12-5-4-6-13(9-12)14(19)17-16/h4-6,9,20H,2-3,7-8,10-11,16H2,1H3,(H,17,19). The van der Waals surface area contributed by atoms with E-state index in [1.807, 2.05) is 25.2 Å². The largest absolute Gasteiger partial charge is 0.389 e. The lowest BCUT2D eigenvalue weighted by Gasteiger charge is -2.28. The van der Waals surface area contributed by atoms with Crippen LogP contribution in [0.25, 0.3) is 0 Å². The van der Waals surface area contributed by atoms with Crippen LogP contribution in [0.15, 0.2) is 24.3 Å². The van der Waals surface area contributed by atoms with Gasteiger partial charge in [0.1, 0.15) is 0 Å². The molecule has 4 N–H and O–H groups in total. The van der Waals surface area contributed by atoms with Crippen molar-refractivity contribution in [3.05, 3.63) is 35.4 Å². The molecule has 20 heavy (non-hydrogen) atoms. The second-order valence-corrected chi connectivity index (χ2v) is 5.78. The van der Waals surface area contributed by atoms with E-state index in [1.54, 1.807) is 6.07 Å². The Balaban J connectivity index is 1.97. The molecule has 1 aliphatic rings. The number of nitrogens with two attached hydrogens (primary N) is 1. The van der Waals surface area contributed by atoms with E-state index in [4.69, 9.17) is 5.84 Å². The zero-order chi connectivity index (χ0) is 14.6. The number of aliphatic hydroxyl groups is 1. The minimum atomic E-state index is -0.541. The summed E-state index contributed by atoms with van der Waals surface area (Å²) in [6.07, 6.45) is 3.98. The molecule has 2 rings (SSSR count). The Bertz CT molecular complexity index is 470. The average Bonchev–Trinajstić information content (AvgIpc) is 2.84. The lowest BCUT2D eigenvalue weighted by molar-refractivity contribution is 0.0145. The van der Waals surface area contributed by atoms with Crippen molar-refractivity contribution in [1.82, 2.24) is 10.3 Å². The third-order valence-corrected chi connectivity index (χ3v) is 3.87. The summed E-state index contributed by atoms with van der Waals surface area (Å²) in [7, 11) is 1.99. The summed E-state index contributed by atoms with van der Waals surface area (Å²) in [6, 6.07) is 7.38. The molecular formula is C15H23N3O2. The molecule has 0 heterocycles. The zero-order valence-electron chi connectivity index (χ0n) is 11.9. The van der Waals surface area contributed by atoms with E-state index in [1.165, 1.54) is 0 Å². The number of hydrazine groups is 1. The molecule has 110 valence electrons. The summed E-state index contributed by atoms with van der Waals surface area (Å²) in [4.78, 5) is 13.6. The highest BCUT2D eigenvalue weighted by Gasteiger charge is 2.32. The molecule has 5 heteroatoms. The van der Waals surface area contributed by atoms with Crippen LogP contribution in [0.2, 0.25) is 0 Å². The van der Waals surface area contributed by atoms with Gasteiger partial charge in [-0.1, -0.05) is 25.0 Å². The number of carbonyl (C=O) groups is 1. The molecule has 5 nitrogen and oxygen atoms in total. The van der Waals surface area contributed by atoms with Crippen LogP contribution in [-0.2, 0) is 6.54 Å². The van der Waals surface area contributed by atoms with Gasteiger partial charge in [-0.05, 0) is 37.6 Å². The molecule has 0 spiro atoms. The monoisotopic (exact) mass is 277 g/mol. The van der Waals surface area contributed by atoms with Crippen molar-refractivity contribution in [1.29, 1.82) is 0 Å². The number of nitrogens with one attached hydrogen (secondary N) is 1. The summed E-state index contributed by atoms with van der Waals surface area (Å²) >= 11 is 0. The van der Waals surface area contributed by atoms with Gasteiger partial charge < -0.3 is 5.11 Å². The van der Waals surface area contributed by atoms with Crippen molar-refractivity contribution in [2.45, 2.75) is 37.8 Å². The first-order chi connectivity index (χ1) is 9.52. The Morgan fingerprint density at radius 2 is 2.15 bits per heavy atom. The number of hydrogen-bond donors (Lipinski definition) is 3. The third-order valence-electron chi connectivity index (χ3n) is 3.87. The van der Waals surface area contributed by atoms with E-state index in [2.05, 4.69) is 10.3 Å². The summed E-state index contributed by atoms with van der Waals surface area (Å²) in [5.41, 5.74) is 3.18. The molecule has 0 unspecified atom stereocenters. The van der Waals surface area contributed by atoms with Crippen molar-refractivity contribution >= 4 is 5.91 Å². The first kappa shape index (κ1) is 15.0. The smallest absolute Gasteiger partial charge is 0.265 e. The molecule has 1 fully saturated rings. The van der Waals surface area contributed by atoms with Gasteiger partial charge in [0.05, 0.1) is 5.60 Å². The molecule has 1 aromatic carbocycles. The number of likely N-dealkylation sites (N-methyl/N-ethyl adjacent to an activating group) is 1. The average molecular weight is 277 g/mol. The van der Waals surface area contributed by atoms with E-state index in [-0.39, 0.29) is 5.91 Å². The van der Waals surface area contributed by atoms with E-state index in [9.17, 15) is 9.90 Å². The van der Waals surface area contributed by atoms with E-state index >= 15 is 0 Å². The van der Waals surface area contributed by atoms with Gasteiger partial charge in [-0.2, -0.15) is 0 Å². The number of nitrogen functional groups attached to an aromatic ring is 1. The van der Waals surface area contributed by atoms with E-state index in [0.29, 0.717) is 18.7 Å². The van der Waals surface area contributed by atoms with Crippen LogP contribution in [0.1, 0.15) is 41.6 Å². The molecule has 0 radical (unpaired) electrons. The summed E-state index contributed by atoms with van der Waals surface area (Å²) in [5.74, 6) is 4.85. The fraction of sp³-hybridized carbons (Fsp3) is 0.533. The fourth-order valence-electron chi connectivity index (χ4n) is 2.96. The van der Waals surface area contributed by atoms with Crippen LogP contribution in [0, 0.1) is 0 Å². The third kappa shape index (κ3) is 3.79. The van der Waals surface area contributed by atoms with Crippen LogP contribution in [0.4, 0.5) is 0 Å². The maximum atomic E-state index is 11.5. The van der Waals surface area contributed by atoms with Crippen molar-refractivity contribution in [3.8, 4) is 0 Å².